The van der Waals surface area contributed by atoms with E-state index in [1.54, 1.807) is 30.1 Å². The summed E-state index contributed by atoms with van der Waals surface area (Å²) < 4.78 is 15.6. The Morgan fingerprint density at radius 3 is 2.77 bits per heavy atom. The second-order valence-electron chi connectivity index (χ2n) is 6.17. The molecule has 0 aliphatic carbocycles. The van der Waals surface area contributed by atoms with Gasteiger partial charge in [-0.1, -0.05) is 48.2 Å². The molecule has 0 aliphatic rings. The average Bonchev–Trinajstić information content (AvgIpc) is 3.00. The summed E-state index contributed by atoms with van der Waals surface area (Å²) in [6, 6.07) is 18.9. The van der Waals surface area contributed by atoms with Crippen LogP contribution in [0.2, 0.25) is 0 Å². The normalized spacial score (nSPS) is 11.2. The van der Waals surface area contributed by atoms with Gasteiger partial charge in [-0.2, -0.15) is 0 Å². The third-order valence-corrected chi connectivity index (χ3v) is 5.36. The van der Waals surface area contributed by atoms with Crippen LogP contribution in [0.1, 0.15) is 16.7 Å². The van der Waals surface area contributed by atoms with Gasteiger partial charge in [0.25, 0.3) is 0 Å². The van der Waals surface area contributed by atoms with Crippen molar-refractivity contribution in [2.75, 3.05) is 0 Å². The van der Waals surface area contributed by atoms with Gasteiger partial charge in [0.2, 0.25) is 0 Å². The Bertz CT molecular complexity index is 1060. The first-order valence-electron chi connectivity index (χ1n) is 8.44. The van der Waals surface area contributed by atoms with Gasteiger partial charge in [0.05, 0.1) is 6.54 Å². The number of hydrogen-bond acceptors (Lipinski definition) is 3. The quantitative estimate of drug-likeness (QED) is 0.456. The molecule has 0 spiro atoms. The highest BCUT2D eigenvalue weighted by molar-refractivity contribution is 7.98. The Hall–Kier alpha value is -2.66. The minimum Gasteiger partial charge on any atom is -0.299 e. The molecule has 0 unspecified atom stereocenters. The van der Waals surface area contributed by atoms with Gasteiger partial charge >= 0.3 is 0 Å². The van der Waals surface area contributed by atoms with E-state index in [9.17, 15) is 4.39 Å². The Morgan fingerprint density at radius 2 is 1.92 bits per heavy atom. The van der Waals surface area contributed by atoms with Crippen molar-refractivity contribution >= 4 is 22.9 Å². The lowest BCUT2D eigenvalue weighted by molar-refractivity contribution is 0.626. The summed E-state index contributed by atoms with van der Waals surface area (Å²) in [5.74, 6) is 0.452. The van der Waals surface area contributed by atoms with Crippen molar-refractivity contribution in [3.8, 4) is 0 Å². The van der Waals surface area contributed by atoms with Gasteiger partial charge in [-0.25, -0.2) is 14.4 Å². The molecule has 0 radical (unpaired) electrons. The topological polar surface area (TPSA) is 30.7 Å². The van der Waals surface area contributed by atoms with Gasteiger partial charge in [0, 0.05) is 11.9 Å². The molecule has 3 nitrogen and oxygen atoms in total. The first-order chi connectivity index (χ1) is 12.7. The molecule has 4 aromatic rings. The van der Waals surface area contributed by atoms with Crippen LogP contribution in [0.4, 0.5) is 4.39 Å². The minimum absolute atomic E-state index is 0.210. The van der Waals surface area contributed by atoms with E-state index < -0.39 is 0 Å². The van der Waals surface area contributed by atoms with E-state index in [1.807, 2.05) is 24.3 Å². The van der Waals surface area contributed by atoms with E-state index in [2.05, 4.69) is 34.7 Å². The zero-order valence-electron chi connectivity index (χ0n) is 14.4. The largest absolute Gasteiger partial charge is 0.299 e. The van der Waals surface area contributed by atoms with Crippen LogP contribution < -0.4 is 0 Å². The number of benzene rings is 2. The number of pyridine rings is 1. The monoisotopic (exact) mass is 363 g/mol. The molecule has 0 bridgehead atoms. The second-order valence-corrected chi connectivity index (χ2v) is 7.11. The lowest BCUT2D eigenvalue weighted by atomic mass is 10.1. The van der Waals surface area contributed by atoms with Gasteiger partial charge < -0.3 is 0 Å². The van der Waals surface area contributed by atoms with Gasteiger partial charge in [0.15, 0.2) is 10.8 Å². The second kappa shape index (κ2) is 7.30. The fourth-order valence-electron chi connectivity index (χ4n) is 2.92. The first kappa shape index (κ1) is 16.8. The third-order valence-electron chi connectivity index (χ3n) is 4.32. The van der Waals surface area contributed by atoms with E-state index in [0.29, 0.717) is 12.3 Å². The summed E-state index contributed by atoms with van der Waals surface area (Å²) in [5.41, 5.74) is 5.18. The number of imidazole rings is 1. The number of hydrogen-bond donors (Lipinski definition) is 0. The molecular formula is C21H18FN3S. The lowest BCUT2D eigenvalue weighted by Crippen LogP contribution is -2.04. The lowest BCUT2D eigenvalue weighted by Gasteiger charge is -2.10. The van der Waals surface area contributed by atoms with E-state index in [-0.39, 0.29) is 5.82 Å². The molecule has 5 heteroatoms. The molecule has 130 valence electrons. The van der Waals surface area contributed by atoms with Gasteiger partial charge in [-0.05, 0) is 47.9 Å². The summed E-state index contributed by atoms with van der Waals surface area (Å²) in [6.45, 7) is 2.83. The number of rotatable bonds is 5. The van der Waals surface area contributed by atoms with Crippen LogP contribution in [0.3, 0.4) is 0 Å². The van der Waals surface area contributed by atoms with Crippen molar-refractivity contribution in [1.82, 2.24) is 14.5 Å². The third kappa shape index (κ3) is 3.48. The number of aromatic nitrogens is 3. The number of halogens is 1. The van der Waals surface area contributed by atoms with Crippen LogP contribution in [-0.2, 0) is 12.3 Å². The standard InChI is InChI=1S/C21H18FN3S/c1-15-6-2-3-8-17(15)13-25-20-19(10-5-11-23-20)24-21(25)26-14-16-7-4-9-18(22)12-16/h2-12H,13-14H2,1H3. The van der Waals surface area contributed by atoms with Crippen molar-refractivity contribution in [1.29, 1.82) is 0 Å². The Kier molecular flexibility index (Phi) is 4.71. The van der Waals surface area contributed by atoms with Crippen molar-refractivity contribution in [2.24, 2.45) is 0 Å². The van der Waals surface area contributed by atoms with Gasteiger partial charge in [0.1, 0.15) is 11.3 Å². The molecule has 0 amide bonds. The molecular weight excluding hydrogens is 345 g/mol. The Balaban J connectivity index is 1.68. The minimum atomic E-state index is -0.210. The van der Waals surface area contributed by atoms with Gasteiger partial charge in [-0.3, -0.25) is 4.57 Å². The van der Waals surface area contributed by atoms with Crippen molar-refractivity contribution in [3.63, 3.8) is 0 Å². The summed E-state index contributed by atoms with van der Waals surface area (Å²) in [5, 5.41) is 0.895. The van der Waals surface area contributed by atoms with Crippen LogP contribution in [0.15, 0.2) is 72.0 Å². The highest BCUT2D eigenvalue weighted by Gasteiger charge is 2.13. The molecule has 0 N–H and O–H groups in total. The molecule has 2 aromatic heterocycles. The highest BCUT2D eigenvalue weighted by Crippen LogP contribution is 2.27. The molecule has 0 aliphatic heterocycles. The van der Waals surface area contributed by atoms with Crippen molar-refractivity contribution < 1.29 is 4.39 Å². The predicted octanol–water partition coefficient (Wildman–Crippen LogP) is 5.22. The maximum Gasteiger partial charge on any atom is 0.170 e. The smallest absolute Gasteiger partial charge is 0.170 e. The van der Waals surface area contributed by atoms with Gasteiger partial charge in [-0.15, -0.1) is 0 Å². The molecule has 0 atom stereocenters. The molecule has 0 saturated heterocycles. The zero-order chi connectivity index (χ0) is 17.9. The predicted molar refractivity (Wildman–Crippen MR) is 104 cm³/mol. The van der Waals surface area contributed by atoms with E-state index >= 15 is 0 Å². The number of nitrogens with zero attached hydrogens (tertiary/aromatic N) is 3. The fraction of sp³-hybridized carbons (Fsp3) is 0.143. The van der Waals surface area contributed by atoms with Crippen LogP contribution >= 0.6 is 11.8 Å². The van der Waals surface area contributed by atoms with Crippen molar-refractivity contribution in [3.05, 3.63) is 89.4 Å². The van der Waals surface area contributed by atoms with E-state index in [0.717, 1.165) is 21.9 Å². The summed E-state index contributed by atoms with van der Waals surface area (Å²) in [7, 11) is 0. The molecule has 2 aromatic carbocycles. The fourth-order valence-corrected chi connectivity index (χ4v) is 3.87. The molecule has 0 saturated carbocycles. The zero-order valence-corrected chi connectivity index (χ0v) is 15.2. The number of thioether (sulfide) groups is 1. The maximum absolute atomic E-state index is 13.4. The number of fused-ring (bicyclic) bond motifs is 1. The SMILES string of the molecule is Cc1ccccc1Cn1c(SCc2cccc(F)c2)nc2cccnc21. The summed E-state index contributed by atoms with van der Waals surface area (Å²) >= 11 is 1.60. The molecule has 2 heterocycles. The first-order valence-corrected chi connectivity index (χ1v) is 9.42. The van der Waals surface area contributed by atoms with E-state index in [4.69, 9.17) is 4.98 Å². The molecule has 26 heavy (non-hydrogen) atoms. The average molecular weight is 363 g/mol. The van der Waals surface area contributed by atoms with E-state index in [1.165, 1.54) is 17.2 Å². The highest BCUT2D eigenvalue weighted by atomic mass is 32.2. The Morgan fingerprint density at radius 1 is 1.04 bits per heavy atom. The maximum atomic E-state index is 13.4. The van der Waals surface area contributed by atoms with Crippen molar-refractivity contribution in [2.45, 2.75) is 24.4 Å². The van der Waals surface area contributed by atoms with Crippen LogP contribution in [0.5, 0.6) is 0 Å². The Labute approximate surface area is 155 Å². The molecule has 4 rings (SSSR count). The van der Waals surface area contributed by atoms with Crippen LogP contribution in [0, 0.1) is 12.7 Å². The van der Waals surface area contributed by atoms with Crippen LogP contribution in [0.25, 0.3) is 11.2 Å². The number of aryl methyl sites for hydroxylation is 1. The molecule has 0 fully saturated rings. The summed E-state index contributed by atoms with van der Waals surface area (Å²) in [6.07, 6.45) is 1.79. The summed E-state index contributed by atoms with van der Waals surface area (Å²) in [4.78, 5) is 9.27. The van der Waals surface area contributed by atoms with Crippen LogP contribution in [-0.4, -0.2) is 14.5 Å².